The van der Waals surface area contributed by atoms with Gasteiger partial charge in [-0.1, -0.05) is 45.4 Å². The highest BCUT2D eigenvalue weighted by molar-refractivity contribution is 5.55. The zero-order valence-corrected chi connectivity index (χ0v) is 22.2. The zero-order chi connectivity index (χ0) is 26.2. The van der Waals surface area contributed by atoms with E-state index >= 15 is 0 Å². The molecule has 37 heavy (non-hydrogen) atoms. The number of methoxy groups -OCH3 is 1. The van der Waals surface area contributed by atoms with Crippen LogP contribution in [0.15, 0.2) is 48.5 Å². The second kappa shape index (κ2) is 10.3. The van der Waals surface area contributed by atoms with E-state index in [0.29, 0.717) is 6.42 Å². The average molecular weight is 504 g/mol. The fraction of sp³-hybridized carbons (Fsp3) is 0.452. The van der Waals surface area contributed by atoms with Gasteiger partial charge < -0.3 is 24.4 Å². The normalized spacial score (nSPS) is 22.6. The molecule has 2 N–H and O–H groups in total. The molecule has 1 aliphatic heterocycles. The third kappa shape index (κ3) is 4.47. The van der Waals surface area contributed by atoms with Crippen molar-refractivity contribution in [2.75, 3.05) is 20.5 Å². The minimum absolute atomic E-state index is 0.0409. The van der Waals surface area contributed by atoms with E-state index in [0.717, 1.165) is 70.2 Å². The van der Waals surface area contributed by atoms with Crippen LogP contribution in [0.1, 0.15) is 73.2 Å². The number of benzene rings is 2. The predicted molar refractivity (Wildman–Crippen MR) is 142 cm³/mol. The number of aliphatic hydroxyl groups excluding tert-OH is 1. The molecule has 4 atom stereocenters. The molecule has 6 heteroatoms. The van der Waals surface area contributed by atoms with E-state index in [4.69, 9.17) is 19.2 Å². The number of hydrogen-bond donors (Lipinski definition) is 2. The number of aryl methyl sites for hydroxylation is 1. The van der Waals surface area contributed by atoms with E-state index in [1.54, 1.807) is 7.11 Å². The number of hydrogen-bond acceptors (Lipinski definition) is 6. The summed E-state index contributed by atoms with van der Waals surface area (Å²) in [5.41, 5.74) is 4.30. The highest BCUT2D eigenvalue weighted by Crippen LogP contribution is 2.56. The maximum Gasteiger partial charge on any atom is 0.231 e. The summed E-state index contributed by atoms with van der Waals surface area (Å²) >= 11 is 0. The van der Waals surface area contributed by atoms with Gasteiger partial charge in [0.25, 0.3) is 0 Å². The van der Waals surface area contributed by atoms with Crippen molar-refractivity contribution in [3.8, 4) is 17.2 Å². The van der Waals surface area contributed by atoms with Gasteiger partial charge in [0.15, 0.2) is 11.5 Å². The van der Waals surface area contributed by atoms with Crippen LogP contribution in [0.4, 0.5) is 0 Å². The van der Waals surface area contributed by atoms with Crippen molar-refractivity contribution in [1.82, 2.24) is 4.98 Å². The molecule has 0 radical (unpaired) electrons. The first-order valence-electron chi connectivity index (χ1n) is 13.3. The molecule has 0 fully saturated rings. The number of ether oxygens (including phenoxy) is 3. The van der Waals surface area contributed by atoms with Gasteiger partial charge >= 0.3 is 0 Å². The molecule has 2 unspecified atom stereocenters. The van der Waals surface area contributed by atoms with E-state index < -0.39 is 5.60 Å². The van der Waals surface area contributed by atoms with Gasteiger partial charge in [-0.05, 0) is 77.8 Å². The van der Waals surface area contributed by atoms with Crippen molar-refractivity contribution in [2.45, 2.75) is 58.0 Å². The minimum Gasteiger partial charge on any atom is -0.497 e. The third-order valence-corrected chi connectivity index (χ3v) is 7.98. The molecule has 0 saturated heterocycles. The van der Waals surface area contributed by atoms with Crippen LogP contribution in [0.2, 0.25) is 0 Å². The maximum atomic E-state index is 12.8. The Morgan fingerprint density at radius 3 is 2.68 bits per heavy atom. The molecule has 2 heterocycles. The highest BCUT2D eigenvalue weighted by Gasteiger charge is 2.53. The van der Waals surface area contributed by atoms with E-state index in [-0.39, 0.29) is 31.2 Å². The summed E-state index contributed by atoms with van der Waals surface area (Å²) in [5, 5.41) is 22.6. The smallest absolute Gasteiger partial charge is 0.231 e. The lowest BCUT2D eigenvalue weighted by Gasteiger charge is -2.33. The Balaban J connectivity index is 1.68. The summed E-state index contributed by atoms with van der Waals surface area (Å²) in [4.78, 5) is 5.12. The van der Waals surface area contributed by atoms with Gasteiger partial charge in [0.05, 0.1) is 12.8 Å². The second-order valence-electron chi connectivity index (χ2n) is 10.5. The van der Waals surface area contributed by atoms with Crippen molar-refractivity contribution in [3.05, 3.63) is 82.2 Å². The SMILES string of the molecule is CCCCc1ccc2c(n1)C(O)(c1ccc(OC)cc1C[C@H](C)CO)[C@H](C)C2c1ccc2c(c1)OCO2. The molecule has 2 aromatic carbocycles. The third-order valence-electron chi connectivity index (χ3n) is 7.98. The lowest BCUT2D eigenvalue weighted by atomic mass is 9.76. The molecule has 6 nitrogen and oxygen atoms in total. The summed E-state index contributed by atoms with van der Waals surface area (Å²) in [6, 6.07) is 16.2. The summed E-state index contributed by atoms with van der Waals surface area (Å²) in [6.45, 7) is 6.58. The van der Waals surface area contributed by atoms with E-state index in [1.165, 1.54) is 0 Å². The van der Waals surface area contributed by atoms with Crippen molar-refractivity contribution < 1.29 is 24.4 Å². The number of pyridine rings is 1. The summed E-state index contributed by atoms with van der Waals surface area (Å²) in [5.74, 6) is 1.97. The van der Waals surface area contributed by atoms with Crippen molar-refractivity contribution in [1.29, 1.82) is 0 Å². The Bertz CT molecular complexity index is 1270. The average Bonchev–Trinajstić information content (AvgIpc) is 3.47. The highest BCUT2D eigenvalue weighted by atomic mass is 16.7. The molecule has 0 spiro atoms. The summed E-state index contributed by atoms with van der Waals surface area (Å²) < 4.78 is 16.8. The largest absolute Gasteiger partial charge is 0.497 e. The number of aliphatic hydroxyl groups is 2. The van der Waals surface area contributed by atoms with Gasteiger partial charge in [-0.15, -0.1) is 0 Å². The fourth-order valence-electron chi connectivity index (χ4n) is 5.92. The Morgan fingerprint density at radius 2 is 1.92 bits per heavy atom. The molecular formula is C31H37NO5. The van der Waals surface area contributed by atoms with Crippen LogP contribution < -0.4 is 14.2 Å². The van der Waals surface area contributed by atoms with Crippen LogP contribution >= 0.6 is 0 Å². The Hall–Kier alpha value is -3.09. The molecule has 0 saturated carbocycles. The zero-order valence-electron chi connectivity index (χ0n) is 22.2. The van der Waals surface area contributed by atoms with Crippen LogP contribution in [0.25, 0.3) is 0 Å². The fourth-order valence-corrected chi connectivity index (χ4v) is 5.92. The Labute approximate surface area is 219 Å². The second-order valence-corrected chi connectivity index (χ2v) is 10.5. The van der Waals surface area contributed by atoms with Crippen LogP contribution in [0.5, 0.6) is 17.2 Å². The molecule has 0 amide bonds. The Morgan fingerprint density at radius 1 is 1.11 bits per heavy atom. The summed E-state index contributed by atoms with van der Waals surface area (Å²) in [6.07, 6.45) is 3.63. The van der Waals surface area contributed by atoms with Crippen molar-refractivity contribution in [2.24, 2.45) is 11.8 Å². The van der Waals surface area contributed by atoms with Crippen LogP contribution in [0.3, 0.4) is 0 Å². The van der Waals surface area contributed by atoms with Gasteiger partial charge in [0.1, 0.15) is 11.4 Å². The lowest BCUT2D eigenvalue weighted by Crippen LogP contribution is -2.35. The number of unbranched alkanes of at least 4 members (excludes halogenated alkanes) is 1. The molecule has 3 aromatic rings. The van der Waals surface area contributed by atoms with E-state index in [2.05, 4.69) is 32.0 Å². The van der Waals surface area contributed by atoms with Gasteiger partial charge in [-0.2, -0.15) is 0 Å². The number of fused-ring (bicyclic) bond motifs is 2. The van der Waals surface area contributed by atoms with E-state index in [9.17, 15) is 10.2 Å². The van der Waals surface area contributed by atoms with Crippen molar-refractivity contribution >= 4 is 0 Å². The number of nitrogens with zero attached hydrogens (tertiary/aromatic N) is 1. The molecule has 1 aromatic heterocycles. The number of rotatable bonds is 9. The molecule has 2 aliphatic rings. The molecular weight excluding hydrogens is 466 g/mol. The molecule has 1 aliphatic carbocycles. The first-order chi connectivity index (χ1) is 17.9. The van der Waals surface area contributed by atoms with Gasteiger partial charge in [0.2, 0.25) is 6.79 Å². The molecule has 0 bridgehead atoms. The van der Waals surface area contributed by atoms with Gasteiger partial charge in [-0.25, -0.2) is 0 Å². The van der Waals surface area contributed by atoms with E-state index in [1.807, 2.05) is 37.3 Å². The van der Waals surface area contributed by atoms with Gasteiger partial charge in [0, 0.05) is 24.1 Å². The first kappa shape index (κ1) is 25.6. The standard InChI is InChI=1S/C31H37NO5/c1-5-6-7-23-9-11-25-29(21-8-13-27-28(16-21)37-18-36-27)20(3)31(34,30(25)32-23)26-12-10-24(35-4)15-22(26)14-19(2)17-33/h8-13,15-16,19-20,29,33-34H,5-7,14,17-18H2,1-4H3/t19-,20+,29?,31?/m0/s1. The van der Waals surface area contributed by atoms with Crippen molar-refractivity contribution in [3.63, 3.8) is 0 Å². The minimum atomic E-state index is -1.31. The summed E-state index contributed by atoms with van der Waals surface area (Å²) in [7, 11) is 1.65. The quantitative estimate of drug-likeness (QED) is 0.410. The molecule has 5 rings (SSSR count). The van der Waals surface area contributed by atoms with Crippen LogP contribution in [-0.4, -0.2) is 35.7 Å². The monoisotopic (exact) mass is 503 g/mol. The lowest BCUT2D eigenvalue weighted by molar-refractivity contribution is 0.0278. The van der Waals surface area contributed by atoms with Gasteiger partial charge in [-0.3, -0.25) is 4.98 Å². The molecule has 196 valence electrons. The Kier molecular flexibility index (Phi) is 7.15. The van der Waals surface area contributed by atoms with Crippen LogP contribution in [-0.2, 0) is 18.4 Å². The maximum absolute atomic E-state index is 12.8. The first-order valence-corrected chi connectivity index (χ1v) is 13.3. The predicted octanol–water partition coefficient (Wildman–Crippen LogP) is 5.35. The van der Waals surface area contributed by atoms with Crippen LogP contribution in [0, 0.1) is 11.8 Å². The number of aromatic nitrogens is 1. The topological polar surface area (TPSA) is 81.0 Å².